The van der Waals surface area contributed by atoms with E-state index in [1.54, 1.807) is 0 Å². The summed E-state index contributed by atoms with van der Waals surface area (Å²) < 4.78 is 0. The van der Waals surface area contributed by atoms with Crippen LogP contribution in [0.2, 0.25) is 39.3 Å². The highest BCUT2D eigenvalue weighted by Gasteiger charge is 2.39. The van der Waals surface area contributed by atoms with E-state index in [9.17, 15) is 0 Å². The third kappa shape index (κ3) is 5.26. The minimum absolute atomic E-state index is 0.112. The highest BCUT2D eigenvalue weighted by molar-refractivity contribution is 6.84. The van der Waals surface area contributed by atoms with Gasteiger partial charge in [-0.15, -0.1) is 11.1 Å². The molecule has 82 valence electrons. The average molecular weight is 234 g/mol. The first-order valence-corrected chi connectivity index (χ1v) is 12.7. The van der Waals surface area contributed by atoms with Gasteiger partial charge in [-0.2, -0.15) is 0 Å². The van der Waals surface area contributed by atoms with Crippen molar-refractivity contribution in [3.63, 3.8) is 0 Å². The first-order valence-electron chi connectivity index (χ1n) is 5.71. The summed E-state index contributed by atoms with van der Waals surface area (Å²) in [6.07, 6.45) is 2.39. The maximum absolute atomic E-state index is 3.46. The van der Waals surface area contributed by atoms with Crippen molar-refractivity contribution in [1.82, 2.24) is 0 Å². The van der Waals surface area contributed by atoms with Gasteiger partial charge in [-0.25, -0.2) is 0 Å². The molecule has 0 aliphatic heterocycles. The molecule has 0 N–H and O–H groups in total. The van der Waals surface area contributed by atoms with Gasteiger partial charge in [-0.05, 0) is 12.8 Å². The first-order chi connectivity index (χ1) is 6.62. The van der Waals surface area contributed by atoms with Gasteiger partial charge in [0.2, 0.25) is 0 Å². The Balaban J connectivity index is 2.76. The van der Waals surface area contributed by atoms with Crippen molar-refractivity contribution in [3.8, 4) is 22.9 Å². The maximum atomic E-state index is 3.46. The molecule has 0 heterocycles. The predicted octanol–water partition coefficient (Wildman–Crippen LogP) is 3.53. The molecule has 0 aromatic rings. The smallest absolute Gasteiger partial charge is 0.129 e. The highest BCUT2D eigenvalue weighted by atomic mass is 28.3. The monoisotopic (exact) mass is 234 g/mol. The summed E-state index contributed by atoms with van der Waals surface area (Å²) in [6.45, 7) is 13.8. The van der Waals surface area contributed by atoms with Gasteiger partial charge in [-0.3, -0.25) is 0 Å². The summed E-state index contributed by atoms with van der Waals surface area (Å²) in [6, 6.07) is 0. The van der Waals surface area contributed by atoms with Gasteiger partial charge >= 0.3 is 0 Å². The van der Waals surface area contributed by atoms with E-state index >= 15 is 0 Å². The third-order valence-corrected chi connectivity index (χ3v) is 3.85. The zero-order valence-electron chi connectivity index (χ0n) is 10.9. The molecule has 2 heteroatoms. The van der Waals surface area contributed by atoms with E-state index in [2.05, 4.69) is 62.2 Å². The van der Waals surface area contributed by atoms with E-state index in [1.807, 2.05) is 0 Å². The fourth-order valence-corrected chi connectivity index (χ4v) is 2.25. The Morgan fingerprint density at radius 1 is 0.733 bits per heavy atom. The number of hydrogen-bond acceptors (Lipinski definition) is 0. The van der Waals surface area contributed by atoms with Crippen molar-refractivity contribution >= 4 is 16.1 Å². The summed E-state index contributed by atoms with van der Waals surface area (Å²) >= 11 is 0. The van der Waals surface area contributed by atoms with Crippen LogP contribution in [-0.4, -0.2) is 16.1 Å². The molecule has 1 rings (SSSR count). The zero-order chi connectivity index (χ0) is 11.7. The highest BCUT2D eigenvalue weighted by Crippen LogP contribution is 2.44. The summed E-state index contributed by atoms with van der Waals surface area (Å²) in [5.41, 5.74) is 7.04. The summed E-state index contributed by atoms with van der Waals surface area (Å²) in [5, 5.41) is 0. The maximum Gasteiger partial charge on any atom is 0.129 e. The van der Waals surface area contributed by atoms with Crippen LogP contribution >= 0.6 is 0 Å². The molecule has 0 radical (unpaired) electrons. The molecule has 15 heavy (non-hydrogen) atoms. The van der Waals surface area contributed by atoms with Crippen molar-refractivity contribution in [2.24, 2.45) is 5.41 Å². The SMILES string of the molecule is C[Si](C)(C)C#CC1(C#C[Si](C)(C)C)CC1. The van der Waals surface area contributed by atoms with Crippen molar-refractivity contribution in [3.05, 3.63) is 0 Å². The number of hydrogen-bond donors (Lipinski definition) is 0. The van der Waals surface area contributed by atoms with Crippen LogP contribution in [0.3, 0.4) is 0 Å². The second kappa shape index (κ2) is 3.85. The van der Waals surface area contributed by atoms with Crippen LogP contribution in [0.15, 0.2) is 0 Å². The number of rotatable bonds is 0. The van der Waals surface area contributed by atoms with Crippen molar-refractivity contribution < 1.29 is 0 Å². The van der Waals surface area contributed by atoms with E-state index in [1.165, 1.54) is 12.8 Å². The van der Waals surface area contributed by atoms with Crippen LogP contribution in [0.4, 0.5) is 0 Å². The molecule has 1 aliphatic carbocycles. The van der Waals surface area contributed by atoms with Crippen LogP contribution in [0.5, 0.6) is 0 Å². The lowest BCUT2D eigenvalue weighted by Gasteiger charge is -2.07. The first kappa shape index (κ1) is 12.6. The quantitative estimate of drug-likeness (QED) is 0.444. The topological polar surface area (TPSA) is 0 Å². The standard InChI is InChI=1S/C13H22Si2/c1-14(2,3)11-9-13(7-8-13)10-12-15(4,5)6/h7-8H2,1-6H3. The van der Waals surface area contributed by atoms with Crippen molar-refractivity contribution in [2.45, 2.75) is 52.1 Å². The molecule has 0 saturated heterocycles. The molecule has 0 bridgehead atoms. The van der Waals surface area contributed by atoms with E-state index in [0.717, 1.165) is 0 Å². The van der Waals surface area contributed by atoms with Gasteiger partial charge in [-0.1, -0.05) is 51.1 Å². The Labute approximate surface area is 96.9 Å². The minimum atomic E-state index is -1.22. The second-order valence-corrected chi connectivity index (χ2v) is 16.1. The minimum Gasteiger partial charge on any atom is -0.130 e. The molecular formula is C13H22Si2. The van der Waals surface area contributed by atoms with Gasteiger partial charge in [0.05, 0.1) is 5.41 Å². The van der Waals surface area contributed by atoms with E-state index in [4.69, 9.17) is 0 Å². The average Bonchev–Trinajstić information content (AvgIpc) is 2.76. The van der Waals surface area contributed by atoms with E-state index < -0.39 is 16.1 Å². The van der Waals surface area contributed by atoms with Crippen molar-refractivity contribution in [1.29, 1.82) is 0 Å². The molecule has 1 aliphatic rings. The van der Waals surface area contributed by atoms with Crippen LogP contribution in [0.1, 0.15) is 12.8 Å². The lowest BCUT2D eigenvalue weighted by atomic mass is 10.1. The van der Waals surface area contributed by atoms with Gasteiger partial charge in [0.25, 0.3) is 0 Å². The molecule has 0 spiro atoms. The Hall–Kier alpha value is -0.446. The fourth-order valence-electron chi connectivity index (χ4n) is 1.02. The predicted molar refractivity (Wildman–Crippen MR) is 73.9 cm³/mol. The molecule has 1 saturated carbocycles. The van der Waals surface area contributed by atoms with Gasteiger partial charge in [0.15, 0.2) is 0 Å². The summed E-state index contributed by atoms with van der Waals surface area (Å²) in [7, 11) is -2.44. The van der Waals surface area contributed by atoms with Crippen molar-refractivity contribution in [2.75, 3.05) is 0 Å². The molecule has 0 amide bonds. The third-order valence-electron chi connectivity index (χ3n) is 2.10. The normalized spacial score (nSPS) is 18.3. The molecule has 1 fully saturated rings. The van der Waals surface area contributed by atoms with Crippen LogP contribution in [0, 0.1) is 28.3 Å². The second-order valence-electron chi connectivity index (χ2n) is 6.58. The van der Waals surface area contributed by atoms with Crippen LogP contribution in [0.25, 0.3) is 0 Å². The summed E-state index contributed by atoms with van der Waals surface area (Å²) in [4.78, 5) is 0. The van der Waals surface area contributed by atoms with E-state index in [-0.39, 0.29) is 5.41 Å². The largest absolute Gasteiger partial charge is 0.130 e. The molecule has 0 aromatic carbocycles. The van der Waals surface area contributed by atoms with Crippen LogP contribution in [-0.2, 0) is 0 Å². The lowest BCUT2D eigenvalue weighted by molar-refractivity contribution is 0.943. The molecular weight excluding hydrogens is 212 g/mol. The zero-order valence-corrected chi connectivity index (χ0v) is 12.9. The Kier molecular flexibility index (Phi) is 3.24. The lowest BCUT2D eigenvalue weighted by Crippen LogP contribution is -2.18. The molecule has 0 unspecified atom stereocenters. The summed E-state index contributed by atoms with van der Waals surface area (Å²) in [5.74, 6) is 6.89. The molecule has 0 aromatic heterocycles. The van der Waals surface area contributed by atoms with Gasteiger partial charge < -0.3 is 0 Å². The van der Waals surface area contributed by atoms with E-state index in [0.29, 0.717) is 0 Å². The fraction of sp³-hybridized carbons (Fsp3) is 0.692. The Bertz CT molecular complexity index is 320. The Morgan fingerprint density at radius 2 is 1.07 bits per heavy atom. The molecule has 0 nitrogen and oxygen atoms in total. The van der Waals surface area contributed by atoms with Gasteiger partial charge in [0.1, 0.15) is 16.1 Å². The molecule has 0 atom stereocenters. The van der Waals surface area contributed by atoms with Crippen LogP contribution < -0.4 is 0 Å². The Morgan fingerprint density at radius 3 is 1.27 bits per heavy atom. The van der Waals surface area contributed by atoms with Gasteiger partial charge in [0, 0.05) is 0 Å².